The van der Waals surface area contributed by atoms with Gasteiger partial charge in [-0.15, -0.1) is 0 Å². The van der Waals surface area contributed by atoms with E-state index >= 15 is 0 Å². The molecule has 4 nitrogen and oxygen atoms in total. The molecule has 102 valence electrons. The molecule has 3 amide bonds. The van der Waals surface area contributed by atoms with Crippen LogP contribution < -0.4 is 4.90 Å². The minimum atomic E-state index is -0.543. The first-order chi connectivity index (χ1) is 9.49. The topological polar surface area (TPSA) is 49.7 Å². The monoisotopic (exact) mass is 306 g/mol. The van der Waals surface area contributed by atoms with Gasteiger partial charge < -0.3 is 0 Å². The van der Waals surface area contributed by atoms with Crippen LogP contribution in [0.25, 0.3) is 0 Å². The van der Waals surface area contributed by atoms with E-state index in [0.717, 1.165) is 15.4 Å². The number of carbonyl (C=O) groups excluding carboxylic acids is 2. The van der Waals surface area contributed by atoms with Crippen molar-refractivity contribution in [2.24, 2.45) is 10.9 Å². The molecule has 0 bridgehead atoms. The molecule has 6 heteroatoms. The molecule has 0 N–H and O–H groups in total. The number of nitrogens with zero attached hydrogens (tertiary/aromatic N) is 2. The average Bonchev–Trinajstić information content (AvgIpc) is 2.67. The first-order valence-electron chi connectivity index (χ1n) is 6.06. The molecule has 0 aliphatic carbocycles. The van der Waals surface area contributed by atoms with Crippen molar-refractivity contribution in [2.45, 2.75) is 13.8 Å². The number of hydrogen-bond donors (Lipinski definition) is 0. The third-order valence-electron chi connectivity index (χ3n) is 3.44. The number of halogens is 1. The number of aliphatic imine (C=N–C) groups is 1. The van der Waals surface area contributed by atoms with Gasteiger partial charge in [-0.25, -0.2) is 9.69 Å². The molecular formula is C14H11ClN2O2S. The summed E-state index contributed by atoms with van der Waals surface area (Å²) in [7, 11) is 0. The van der Waals surface area contributed by atoms with Gasteiger partial charge in [-0.3, -0.25) is 4.79 Å². The van der Waals surface area contributed by atoms with E-state index in [2.05, 4.69) is 4.99 Å². The quantitative estimate of drug-likeness (QED) is 0.791. The first kappa shape index (κ1) is 13.4. The zero-order chi connectivity index (χ0) is 14.4. The molecule has 3 rings (SSSR count). The van der Waals surface area contributed by atoms with Crippen LogP contribution in [0.1, 0.15) is 13.8 Å². The molecular weight excluding hydrogens is 296 g/mol. The Morgan fingerprint density at radius 2 is 1.85 bits per heavy atom. The Morgan fingerprint density at radius 3 is 2.50 bits per heavy atom. The summed E-state index contributed by atoms with van der Waals surface area (Å²) in [5, 5.41) is 1.14. The van der Waals surface area contributed by atoms with Crippen molar-refractivity contribution in [1.82, 2.24) is 0 Å². The van der Waals surface area contributed by atoms with Gasteiger partial charge in [-0.1, -0.05) is 23.4 Å². The summed E-state index contributed by atoms with van der Waals surface area (Å²) in [6.45, 7) is 3.84. The largest absolute Gasteiger partial charge is 0.355 e. The van der Waals surface area contributed by atoms with Crippen LogP contribution in [0.15, 0.2) is 39.7 Å². The maximum Gasteiger partial charge on any atom is 0.355 e. The van der Waals surface area contributed by atoms with Crippen molar-refractivity contribution in [2.75, 3.05) is 4.90 Å². The number of fused-ring (bicyclic) bond motifs is 1. The van der Waals surface area contributed by atoms with Crippen molar-refractivity contribution < 1.29 is 9.59 Å². The molecule has 2 heterocycles. The molecule has 0 fully saturated rings. The van der Waals surface area contributed by atoms with Crippen LogP contribution >= 0.6 is 23.4 Å². The lowest BCUT2D eigenvalue weighted by molar-refractivity contribution is -0.119. The highest BCUT2D eigenvalue weighted by atomic mass is 35.5. The number of anilines is 1. The Labute approximate surface area is 125 Å². The Kier molecular flexibility index (Phi) is 3.18. The number of hydrogen-bond acceptors (Lipinski definition) is 3. The van der Waals surface area contributed by atoms with Crippen LogP contribution in [0, 0.1) is 5.92 Å². The highest BCUT2D eigenvalue weighted by Crippen LogP contribution is 2.41. The molecule has 20 heavy (non-hydrogen) atoms. The number of benzene rings is 1. The maximum atomic E-state index is 12.6. The predicted octanol–water partition coefficient (Wildman–Crippen LogP) is 3.86. The summed E-state index contributed by atoms with van der Waals surface area (Å²) in [6.07, 6.45) is 0. The van der Waals surface area contributed by atoms with Crippen LogP contribution in [0.3, 0.4) is 0 Å². The van der Waals surface area contributed by atoms with E-state index in [-0.39, 0.29) is 5.91 Å². The average molecular weight is 307 g/mol. The number of rotatable bonds is 1. The van der Waals surface area contributed by atoms with Crippen molar-refractivity contribution in [3.8, 4) is 0 Å². The standard InChI is InChI=1S/C14H11ClN2O2S/c1-7-8(2)20-12-11(7)13(18)17(14(19)16-12)10-5-3-9(15)4-6-10/h3-6,11H,1-2H3. The van der Waals surface area contributed by atoms with Crippen molar-refractivity contribution in [1.29, 1.82) is 0 Å². The highest BCUT2D eigenvalue weighted by molar-refractivity contribution is 8.17. The number of carbonyl (C=O) groups is 2. The van der Waals surface area contributed by atoms with Crippen LogP contribution in [0.2, 0.25) is 5.02 Å². The fourth-order valence-electron chi connectivity index (χ4n) is 2.26. The SMILES string of the molecule is CC1=C(C)C2C(=O)N(c3ccc(Cl)cc3)C(=O)N=C2S1. The van der Waals surface area contributed by atoms with Crippen molar-refractivity contribution >= 4 is 46.0 Å². The van der Waals surface area contributed by atoms with Crippen molar-refractivity contribution in [3.63, 3.8) is 0 Å². The second-order valence-corrected chi connectivity index (χ2v) is 6.33. The number of allylic oxidation sites excluding steroid dienone is 1. The minimum absolute atomic E-state index is 0.246. The summed E-state index contributed by atoms with van der Waals surface area (Å²) in [6, 6.07) is 6.04. The van der Waals surface area contributed by atoms with Crippen molar-refractivity contribution in [3.05, 3.63) is 39.8 Å². The van der Waals surface area contributed by atoms with Gasteiger partial charge in [-0.2, -0.15) is 4.99 Å². The fourth-order valence-corrected chi connectivity index (χ4v) is 3.50. The number of amides is 3. The molecule has 0 spiro atoms. The molecule has 1 unspecified atom stereocenters. The second-order valence-electron chi connectivity index (χ2n) is 4.66. The summed E-state index contributed by atoms with van der Waals surface area (Å²) < 4.78 is 0. The van der Waals surface area contributed by atoms with E-state index in [4.69, 9.17) is 11.6 Å². The molecule has 2 aliphatic rings. The summed E-state index contributed by atoms with van der Waals surface area (Å²) >= 11 is 7.23. The molecule has 1 aromatic rings. The van der Waals surface area contributed by atoms with Gasteiger partial charge in [-0.05, 0) is 48.6 Å². The van der Waals surface area contributed by atoms with E-state index in [1.54, 1.807) is 24.3 Å². The van der Waals surface area contributed by atoms with Gasteiger partial charge in [0.25, 0.3) is 0 Å². The molecule has 0 radical (unpaired) electrons. The van der Waals surface area contributed by atoms with Crippen LogP contribution in [-0.2, 0) is 4.79 Å². The molecule has 0 saturated carbocycles. The van der Waals surface area contributed by atoms with Gasteiger partial charge in [0.15, 0.2) is 0 Å². The third-order valence-corrected chi connectivity index (χ3v) is 4.86. The first-order valence-corrected chi connectivity index (χ1v) is 7.26. The lowest BCUT2D eigenvalue weighted by Gasteiger charge is -2.26. The molecule has 1 aromatic carbocycles. The second kappa shape index (κ2) is 4.75. The van der Waals surface area contributed by atoms with Crippen LogP contribution in [-0.4, -0.2) is 17.0 Å². The van der Waals surface area contributed by atoms with Gasteiger partial charge in [0.1, 0.15) is 11.0 Å². The van der Waals surface area contributed by atoms with Crippen LogP contribution in [0.4, 0.5) is 10.5 Å². The zero-order valence-electron chi connectivity index (χ0n) is 10.9. The van der Waals surface area contributed by atoms with Gasteiger partial charge in [0.05, 0.1) is 5.69 Å². The molecule has 0 aromatic heterocycles. The summed E-state index contributed by atoms with van der Waals surface area (Å²) in [4.78, 5) is 30.9. The Balaban J connectivity index is 2.05. The lowest BCUT2D eigenvalue weighted by Crippen LogP contribution is -2.45. The van der Waals surface area contributed by atoms with E-state index in [9.17, 15) is 9.59 Å². The van der Waals surface area contributed by atoms with E-state index < -0.39 is 11.9 Å². The normalized spacial score (nSPS) is 22.2. The zero-order valence-corrected chi connectivity index (χ0v) is 12.5. The third kappa shape index (κ3) is 1.98. The smallest absolute Gasteiger partial charge is 0.273 e. The lowest BCUT2D eigenvalue weighted by atomic mass is 9.98. The summed E-state index contributed by atoms with van der Waals surface area (Å²) in [5.41, 5.74) is 1.46. The van der Waals surface area contributed by atoms with E-state index in [1.807, 2.05) is 13.8 Å². The van der Waals surface area contributed by atoms with E-state index in [0.29, 0.717) is 15.8 Å². The number of urea groups is 1. The Hall–Kier alpha value is -1.59. The molecule has 1 atom stereocenters. The van der Waals surface area contributed by atoms with Gasteiger partial charge in [0, 0.05) is 5.02 Å². The Morgan fingerprint density at radius 1 is 1.20 bits per heavy atom. The van der Waals surface area contributed by atoms with Crippen LogP contribution in [0.5, 0.6) is 0 Å². The predicted molar refractivity (Wildman–Crippen MR) is 81.2 cm³/mol. The minimum Gasteiger partial charge on any atom is -0.273 e. The fraction of sp³-hybridized carbons (Fsp3) is 0.214. The molecule has 0 saturated heterocycles. The highest BCUT2D eigenvalue weighted by Gasteiger charge is 2.43. The maximum absolute atomic E-state index is 12.6. The van der Waals surface area contributed by atoms with E-state index in [1.165, 1.54) is 11.8 Å². The molecule has 2 aliphatic heterocycles. The Bertz CT molecular complexity index is 679. The van der Waals surface area contributed by atoms with Gasteiger partial charge in [0.2, 0.25) is 5.91 Å². The summed E-state index contributed by atoms with van der Waals surface area (Å²) in [5.74, 6) is -0.669. The van der Waals surface area contributed by atoms with Gasteiger partial charge >= 0.3 is 6.03 Å². The number of imide groups is 1. The number of thioether (sulfide) groups is 1.